The molecule has 5 nitrogen and oxygen atoms in total. The molecule has 0 saturated heterocycles. The number of halogens is 3. The maximum atomic E-state index is 12.9. The van der Waals surface area contributed by atoms with Crippen LogP contribution in [-0.4, -0.2) is 22.0 Å². The number of aromatic nitrogens is 2. The molecule has 1 N–H and O–H groups in total. The number of hydrogen-bond donors (Lipinski definition) is 1. The van der Waals surface area contributed by atoms with Gasteiger partial charge in [-0.05, 0) is 56.7 Å². The summed E-state index contributed by atoms with van der Waals surface area (Å²) in [6.07, 6.45) is -1.44. The van der Waals surface area contributed by atoms with E-state index in [-0.39, 0.29) is 11.6 Å². The van der Waals surface area contributed by atoms with Crippen molar-refractivity contribution in [2.75, 3.05) is 5.32 Å². The molecule has 1 heterocycles. The number of aryl methyl sites for hydroxylation is 1. The fourth-order valence-corrected chi connectivity index (χ4v) is 4.04. The second-order valence-electron chi connectivity index (χ2n) is 7.71. The standard InChI is InChI=1S/C24H22F3N3O2/c1-15-22(16(2)30(29-15)20-9-4-3-5-10-20)17-11-12-21(13-17)32-23(31)28-19-8-6-7-18(14-19)24(25,26)27/h3-12,14,17,21H,13H2,1-2H3,(H,28,31)/t17-,21-/m1/s1. The van der Waals surface area contributed by atoms with Crippen LogP contribution in [0.5, 0.6) is 0 Å². The lowest BCUT2D eigenvalue weighted by atomic mass is 9.96. The highest BCUT2D eigenvalue weighted by molar-refractivity contribution is 5.85. The molecule has 4 rings (SSSR count). The summed E-state index contributed by atoms with van der Waals surface area (Å²) < 4.78 is 45.9. The second-order valence-corrected chi connectivity index (χ2v) is 7.71. The maximum Gasteiger partial charge on any atom is 0.416 e. The van der Waals surface area contributed by atoms with E-state index in [0.29, 0.717) is 6.42 Å². The molecule has 1 aliphatic carbocycles. The summed E-state index contributed by atoms with van der Waals surface area (Å²) in [4.78, 5) is 12.2. The first kappa shape index (κ1) is 21.7. The summed E-state index contributed by atoms with van der Waals surface area (Å²) in [6, 6.07) is 14.3. The van der Waals surface area contributed by atoms with Gasteiger partial charge >= 0.3 is 12.3 Å². The van der Waals surface area contributed by atoms with E-state index >= 15 is 0 Å². The van der Waals surface area contributed by atoms with Gasteiger partial charge in [-0.15, -0.1) is 0 Å². The molecule has 1 aliphatic rings. The summed E-state index contributed by atoms with van der Waals surface area (Å²) in [7, 11) is 0. The minimum atomic E-state index is -4.48. The van der Waals surface area contributed by atoms with Crippen LogP contribution in [0.1, 0.15) is 34.9 Å². The van der Waals surface area contributed by atoms with Crippen LogP contribution in [0.25, 0.3) is 5.69 Å². The van der Waals surface area contributed by atoms with Gasteiger partial charge in [-0.2, -0.15) is 18.3 Å². The highest BCUT2D eigenvalue weighted by Crippen LogP contribution is 2.35. The van der Waals surface area contributed by atoms with Crippen molar-refractivity contribution in [1.29, 1.82) is 0 Å². The highest BCUT2D eigenvalue weighted by atomic mass is 19.4. The SMILES string of the molecule is Cc1nn(-c2ccccc2)c(C)c1[C@@H]1C=C[C@@H](OC(=O)Nc2cccc(C(F)(F)F)c2)C1. The number of benzene rings is 2. The molecule has 0 aliphatic heterocycles. The minimum Gasteiger partial charge on any atom is -0.442 e. The molecule has 1 amide bonds. The summed E-state index contributed by atoms with van der Waals surface area (Å²) in [6.45, 7) is 3.95. The average Bonchev–Trinajstić information content (AvgIpc) is 3.31. The van der Waals surface area contributed by atoms with Crippen molar-refractivity contribution in [1.82, 2.24) is 9.78 Å². The maximum absolute atomic E-state index is 12.9. The molecule has 8 heteroatoms. The van der Waals surface area contributed by atoms with Gasteiger partial charge in [0, 0.05) is 22.9 Å². The Hall–Kier alpha value is -3.55. The number of allylic oxidation sites excluding steroid dienone is 1. The van der Waals surface area contributed by atoms with Gasteiger partial charge in [-0.3, -0.25) is 5.32 Å². The van der Waals surface area contributed by atoms with E-state index in [1.54, 1.807) is 6.08 Å². The summed E-state index contributed by atoms with van der Waals surface area (Å²) in [5, 5.41) is 7.04. The Morgan fingerprint density at radius 1 is 1.09 bits per heavy atom. The molecule has 0 saturated carbocycles. The second kappa shape index (κ2) is 8.53. The first-order valence-electron chi connectivity index (χ1n) is 10.2. The number of nitrogens with zero attached hydrogens (tertiary/aromatic N) is 2. The van der Waals surface area contributed by atoms with Gasteiger partial charge in [0.2, 0.25) is 0 Å². The fraction of sp³-hybridized carbons (Fsp3) is 0.250. The molecule has 2 aromatic carbocycles. The van der Waals surface area contributed by atoms with Crippen molar-refractivity contribution in [3.05, 3.63) is 89.3 Å². The normalized spacial score (nSPS) is 18.0. The molecular formula is C24H22F3N3O2. The van der Waals surface area contributed by atoms with Gasteiger partial charge in [0.25, 0.3) is 0 Å². The van der Waals surface area contributed by atoms with Gasteiger partial charge < -0.3 is 4.74 Å². The molecular weight excluding hydrogens is 419 g/mol. The summed E-state index contributed by atoms with van der Waals surface area (Å²) in [5.74, 6) is 0.0267. The smallest absolute Gasteiger partial charge is 0.416 e. The highest BCUT2D eigenvalue weighted by Gasteiger charge is 2.31. The van der Waals surface area contributed by atoms with E-state index in [9.17, 15) is 18.0 Å². The minimum absolute atomic E-state index is 0.0267. The van der Waals surface area contributed by atoms with E-state index in [1.807, 2.05) is 54.9 Å². The van der Waals surface area contributed by atoms with Crippen LogP contribution < -0.4 is 5.32 Å². The zero-order valence-corrected chi connectivity index (χ0v) is 17.6. The zero-order chi connectivity index (χ0) is 22.9. The number of amides is 1. The van der Waals surface area contributed by atoms with Crippen LogP contribution in [0.3, 0.4) is 0 Å². The molecule has 32 heavy (non-hydrogen) atoms. The predicted octanol–water partition coefficient (Wildman–Crippen LogP) is 6.17. The third kappa shape index (κ3) is 4.54. The number of carbonyl (C=O) groups excluding carboxylic acids is 1. The predicted molar refractivity (Wildman–Crippen MR) is 115 cm³/mol. The van der Waals surface area contributed by atoms with Crippen molar-refractivity contribution < 1.29 is 22.7 Å². The molecule has 0 unspecified atom stereocenters. The summed E-state index contributed by atoms with van der Waals surface area (Å²) >= 11 is 0. The molecule has 2 atom stereocenters. The number of ether oxygens (including phenoxy) is 1. The number of para-hydroxylation sites is 1. The lowest BCUT2D eigenvalue weighted by molar-refractivity contribution is -0.137. The first-order chi connectivity index (χ1) is 15.2. The number of rotatable bonds is 4. The van der Waals surface area contributed by atoms with Crippen molar-refractivity contribution >= 4 is 11.8 Å². The Bertz CT molecular complexity index is 1150. The van der Waals surface area contributed by atoms with Crippen LogP contribution in [-0.2, 0) is 10.9 Å². The Balaban J connectivity index is 1.41. The van der Waals surface area contributed by atoms with E-state index in [2.05, 4.69) is 10.4 Å². The van der Waals surface area contributed by atoms with Gasteiger partial charge in [0.05, 0.1) is 16.9 Å². The number of hydrogen-bond acceptors (Lipinski definition) is 3. The van der Waals surface area contributed by atoms with E-state index < -0.39 is 23.9 Å². The average molecular weight is 441 g/mol. The van der Waals surface area contributed by atoms with Crippen LogP contribution in [0.15, 0.2) is 66.7 Å². The molecule has 3 aromatic rings. The van der Waals surface area contributed by atoms with Crippen LogP contribution >= 0.6 is 0 Å². The first-order valence-corrected chi connectivity index (χ1v) is 10.2. The van der Waals surface area contributed by atoms with Crippen molar-refractivity contribution in [3.63, 3.8) is 0 Å². The molecule has 166 valence electrons. The molecule has 0 radical (unpaired) electrons. The Labute approximate surface area is 183 Å². The van der Waals surface area contributed by atoms with Gasteiger partial charge in [0.15, 0.2) is 0 Å². The lowest BCUT2D eigenvalue weighted by Crippen LogP contribution is -2.20. The number of carbonyl (C=O) groups is 1. The largest absolute Gasteiger partial charge is 0.442 e. The number of nitrogens with one attached hydrogen (secondary N) is 1. The number of anilines is 1. The van der Waals surface area contributed by atoms with Crippen LogP contribution in [0.2, 0.25) is 0 Å². The monoisotopic (exact) mass is 441 g/mol. The van der Waals surface area contributed by atoms with Crippen LogP contribution in [0, 0.1) is 13.8 Å². The van der Waals surface area contributed by atoms with Gasteiger partial charge in [-0.25, -0.2) is 9.48 Å². The van der Waals surface area contributed by atoms with E-state index in [4.69, 9.17) is 4.74 Å². The lowest BCUT2D eigenvalue weighted by Gasteiger charge is -2.15. The van der Waals surface area contributed by atoms with Crippen molar-refractivity contribution in [3.8, 4) is 5.69 Å². The van der Waals surface area contributed by atoms with Crippen molar-refractivity contribution in [2.24, 2.45) is 0 Å². The Kier molecular flexibility index (Phi) is 5.78. The third-order valence-electron chi connectivity index (χ3n) is 5.46. The van der Waals surface area contributed by atoms with Gasteiger partial charge in [0.1, 0.15) is 6.10 Å². The Morgan fingerprint density at radius 3 is 2.56 bits per heavy atom. The molecule has 0 fully saturated rings. The molecule has 0 spiro atoms. The van der Waals surface area contributed by atoms with Crippen molar-refractivity contribution in [2.45, 2.75) is 38.5 Å². The topological polar surface area (TPSA) is 56.2 Å². The molecule has 0 bridgehead atoms. The summed E-state index contributed by atoms with van der Waals surface area (Å²) in [5.41, 5.74) is 3.15. The molecule has 1 aromatic heterocycles. The van der Waals surface area contributed by atoms with Gasteiger partial charge in [-0.1, -0.05) is 30.3 Å². The van der Waals surface area contributed by atoms with E-state index in [1.165, 1.54) is 12.1 Å². The van der Waals surface area contributed by atoms with E-state index in [0.717, 1.165) is 34.8 Å². The zero-order valence-electron chi connectivity index (χ0n) is 17.6. The third-order valence-corrected chi connectivity index (χ3v) is 5.46. The Morgan fingerprint density at radius 2 is 1.84 bits per heavy atom. The quantitative estimate of drug-likeness (QED) is 0.493. The van der Waals surface area contributed by atoms with Crippen LogP contribution in [0.4, 0.5) is 23.7 Å². The fourth-order valence-electron chi connectivity index (χ4n) is 4.04. The number of alkyl halides is 3.